The van der Waals surface area contributed by atoms with Crippen LogP contribution in [0.4, 0.5) is 10.5 Å². The molecule has 0 bridgehead atoms. The van der Waals surface area contributed by atoms with Crippen molar-refractivity contribution in [2.24, 2.45) is 0 Å². The number of nitrogens with zero attached hydrogens (tertiary/aromatic N) is 5. The molecule has 4 aliphatic rings. The maximum Gasteiger partial charge on any atom is 0.415 e. The number of hydrogen-bond acceptors (Lipinski definition) is 10. The van der Waals surface area contributed by atoms with Crippen LogP contribution in [-0.4, -0.2) is 106 Å². The number of allylic oxidation sites excluding steroid dienone is 12. The fraction of sp³-hybridized carbons (Fsp3) is 0.421. The van der Waals surface area contributed by atoms with Gasteiger partial charge in [-0.25, -0.2) is 9.59 Å². The highest BCUT2D eigenvalue weighted by atomic mass is 16.6. The van der Waals surface area contributed by atoms with Crippen LogP contribution in [0.25, 0.3) is 10.9 Å². The van der Waals surface area contributed by atoms with Crippen LogP contribution in [0.5, 0.6) is 5.75 Å². The first-order valence-corrected chi connectivity index (χ1v) is 25.0. The molecule has 0 saturated carbocycles. The first kappa shape index (κ1) is 51.4. The van der Waals surface area contributed by atoms with Crippen LogP contribution < -0.4 is 10.1 Å². The molecule has 1 fully saturated rings. The van der Waals surface area contributed by atoms with Gasteiger partial charge in [0.2, 0.25) is 5.91 Å². The van der Waals surface area contributed by atoms with Crippen molar-refractivity contribution >= 4 is 40.5 Å². The van der Waals surface area contributed by atoms with E-state index in [0.717, 1.165) is 78.5 Å². The number of amides is 3. The lowest BCUT2D eigenvalue weighted by Crippen LogP contribution is -2.51. The smallest absolute Gasteiger partial charge is 0.415 e. The Labute approximate surface area is 413 Å². The molecule has 3 amide bonds. The number of carbonyl (C=O) groups excluding carboxylic acids is 4. The highest BCUT2D eigenvalue weighted by molar-refractivity contribution is 6.01. The second kappa shape index (κ2) is 24.9. The summed E-state index contributed by atoms with van der Waals surface area (Å²) in [6.07, 6.45) is 33.0. The van der Waals surface area contributed by atoms with Crippen LogP contribution >= 0.6 is 0 Å². The van der Waals surface area contributed by atoms with E-state index in [1.165, 1.54) is 0 Å². The Morgan fingerprint density at radius 2 is 1.49 bits per heavy atom. The number of fused-ring (bicyclic) bond motifs is 4. The van der Waals surface area contributed by atoms with Crippen LogP contribution in [0.2, 0.25) is 0 Å². The van der Waals surface area contributed by atoms with Gasteiger partial charge in [-0.05, 0) is 119 Å². The van der Waals surface area contributed by atoms with Gasteiger partial charge in [0.15, 0.2) is 5.60 Å². The number of carbonyl (C=O) groups is 4. The Balaban J connectivity index is 0.823. The van der Waals surface area contributed by atoms with E-state index < -0.39 is 23.7 Å². The van der Waals surface area contributed by atoms with Gasteiger partial charge in [-0.15, -0.1) is 0 Å². The highest BCUT2D eigenvalue weighted by Gasteiger charge is 2.53. The lowest BCUT2D eigenvalue weighted by atomic mass is 9.79. The molecule has 0 aliphatic carbocycles. The van der Waals surface area contributed by atoms with Crippen molar-refractivity contribution in [1.29, 1.82) is 0 Å². The third-order valence-electron chi connectivity index (χ3n) is 13.3. The third kappa shape index (κ3) is 13.1. The lowest BCUT2D eigenvalue weighted by molar-refractivity contribution is -0.165. The topological polar surface area (TPSA) is 145 Å². The number of benzene rings is 2. The molecule has 4 aliphatic heterocycles. The summed E-state index contributed by atoms with van der Waals surface area (Å²) in [5.41, 5.74) is 4.23. The van der Waals surface area contributed by atoms with E-state index in [9.17, 15) is 24.3 Å². The number of hydrogen-bond donors (Lipinski definition) is 2. The average molecular weight is 951 g/mol. The zero-order valence-corrected chi connectivity index (χ0v) is 41.4. The van der Waals surface area contributed by atoms with Gasteiger partial charge in [0, 0.05) is 68.9 Å². The van der Waals surface area contributed by atoms with Crippen molar-refractivity contribution in [3.8, 4) is 5.75 Å². The Kier molecular flexibility index (Phi) is 18.3. The van der Waals surface area contributed by atoms with Gasteiger partial charge in [-0.1, -0.05) is 98.9 Å². The lowest BCUT2D eigenvalue weighted by Gasteiger charge is -2.41. The van der Waals surface area contributed by atoms with Crippen molar-refractivity contribution in [2.45, 2.75) is 109 Å². The maximum absolute atomic E-state index is 13.9. The normalized spacial score (nSPS) is 19.8. The molecule has 0 spiro atoms. The van der Waals surface area contributed by atoms with Crippen molar-refractivity contribution in [2.75, 3.05) is 52.2 Å². The molecule has 3 aromatic rings. The number of anilines is 1. The molecule has 5 heterocycles. The number of aliphatic hydroxyl groups is 1. The molecule has 1 unspecified atom stereocenters. The largest absolute Gasteiger partial charge is 0.458 e. The van der Waals surface area contributed by atoms with E-state index in [0.29, 0.717) is 80.9 Å². The minimum absolute atomic E-state index is 0.0130. The standard InChI is InChI=1S/C57H70N6O7/c1-5-7-8-9-10-11-12-13-14-15-16-17-18-19-20-21-22-23-24-25-52(64)58-43-28-26-42(27-29-43)38-61-32-34-62(35-33-61)56(67)70-44-30-31-50-45(36-44)46(39-60(3)4)47-40-63-51(53(47)59-50)37-49-48(54(63)65)41-69-55(66)57(49,68)6-2/h7-8,10-11,13-14,16-17,19-20,22-23,26-31,36,51,68H,5-6,9,12,15,18,21,24-25,32-35,37-41H2,1-4H3,(H,58,64)/b8-7+,11-10+,14-13+,17-16+,20-19+,23-22+/t51?,57-/m0/s1. The van der Waals surface area contributed by atoms with Gasteiger partial charge in [0.1, 0.15) is 12.4 Å². The Morgan fingerprint density at radius 3 is 2.10 bits per heavy atom. The van der Waals surface area contributed by atoms with E-state index in [1.807, 2.05) is 50.5 Å². The Morgan fingerprint density at radius 1 is 0.857 bits per heavy atom. The zero-order chi connectivity index (χ0) is 49.5. The summed E-state index contributed by atoms with van der Waals surface area (Å²) in [6.45, 7) is 7.75. The van der Waals surface area contributed by atoms with Crippen molar-refractivity contribution in [1.82, 2.24) is 24.6 Å². The van der Waals surface area contributed by atoms with Gasteiger partial charge in [-0.3, -0.25) is 19.5 Å². The summed E-state index contributed by atoms with van der Waals surface area (Å²) >= 11 is 0. The molecule has 1 aromatic heterocycles. The summed E-state index contributed by atoms with van der Waals surface area (Å²) in [7, 11) is 3.96. The monoisotopic (exact) mass is 951 g/mol. The summed E-state index contributed by atoms with van der Waals surface area (Å²) < 4.78 is 11.3. The predicted molar refractivity (Wildman–Crippen MR) is 276 cm³/mol. The van der Waals surface area contributed by atoms with Crippen LogP contribution in [-0.2, 0) is 38.8 Å². The van der Waals surface area contributed by atoms with Crippen LogP contribution in [0.1, 0.15) is 106 Å². The van der Waals surface area contributed by atoms with Gasteiger partial charge in [-0.2, -0.15) is 0 Å². The third-order valence-corrected chi connectivity index (χ3v) is 13.3. The summed E-state index contributed by atoms with van der Waals surface area (Å²) in [5.74, 6) is -0.566. The van der Waals surface area contributed by atoms with E-state index >= 15 is 0 Å². The van der Waals surface area contributed by atoms with Crippen molar-refractivity contribution in [3.05, 3.63) is 149 Å². The SMILES string of the molecule is CC/C=C/C/C=C/C/C=C/C/C=C/C/C=C/C/C=C/CCC(=O)Nc1ccc(CN2CCN(C(=O)Oc3ccc4nc5c(c(CN(C)C)c4c3)CN3C(=O)C4=C(CC53)[C@@](O)(CC)C(=O)OC4)CC2)cc1. The molecule has 2 N–H and O–H groups in total. The molecular formula is C57H70N6O7. The fourth-order valence-electron chi connectivity index (χ4n) is 9.44. The molecule has 13 nitrogen and oxygen atoms in total. The predicted octanol–water partition coefficient (Wildman–Crippen LogP) is 9.81. The number of ether oxygens (including phenoxy) is 2. The van der Waals surface area contributed by atoms with Gasteiger partial charge in [0.25, 0.3) is 5.91 Å². The first-order valence-electron chi connectivity index (χ1n) is 25.0. The summed E-state index contributed by atoms with van der Waals surface area (Å²) in [6, 6.07) is 13.0. The molecule has 7 rings (SSSR count). The molecule has 13 heteroatoms. The summed E-state index contributed by atoms with van der Waals surface area (Å²) in [5, 5.41) is 15.2. The number of piperazine rings is 1. The van der Waals surface area contributed by atoms with Crippen LogP contribution in [0.3, 0.4) is 0 Å². The van der Waals surface area contributed by atoms with Gasteiger partial charge < -0.3 is 34.6 Å². The number of pyridine rings is 1. The molecule has 2 atom stereocenters. The first-order chi connectivity index (χ1) is 34.0. The number of cyclic esters (lactones) is 1. The average Bonchev–Trinajstić information content (AvgIpc) is 3.73. The molecule has 70 heavy (non-hydrogen) atoms. The van der Waals surface area contributed by atoms with Crippen LogP contribution in [0, 0.1) is 0 Å². The second-order valence-corrected chi connectivity index (χ2v) is 18.6. The molecule has 370 valence electrons. The van der Waals surface area contributed by atoms with Crippen LogP contribution in [0.15, 0.2) is 127 Å². The van der Waals surface area contributed by atoms with Gasteiger partial charge >= 0.3 is 12.1 Å². The molecular weight excluding hydrogens is 881 g/mol. The molecule has 2 aromatic carbocycles. The Bertz CT molecular complexity index is 2560. The fourth-order valence-corrected chi connectivity index (χ4v) is 9.44. The zero-order valence-electron chi connectivity index (χ0n) is 41.4. The minimum atomic E-state index is -1.83. The highest BCUT2D eigenvalue weighted by Crippen LogP contribution is 2.48. The minimum Gasteiger partial charge on any atom is -0.458 e. The summed E-state index contributed by atoms with van der Waals surface area (Å²) in [4.78, 5) is 65.6. The van der Waals surface area contributed by atoms with E-state index in [-0.39, 0.29) is 24.8 Å². The van der Waals surface area contributed by atoms with Crippen molar-refractivity contribution in [3.63, 3.8) is 0 Å². The van der Waals surface area contributed by atoms with E-state index in [4.69, 9.17) is 14.5 Å². The van der Waals surface area contributed by atoms with E-state index in [1.54, 1.807) is 22.8 Å². The quantitative estimate of drug-likeness (QED) is 0.0782. The van der Waals surface area contributed by atoms with Crippen molar-refractivity contribution < 1.29 is 33.8 Å². The number of esters is 1. The number of aromatic nitrogens is 1. The number of nitrogens with one attached hydrogen (secondary N) is 1. The van der Waals surface area contributed by atoms with Gasteiger partial charge in [0.05, 0.1) is 22.8 Å². The maximum atomic E-state index is 13.9. The second-order valence-electron chi connectivity index (χ2n) is 18.6. The molecule has 0 radical (unpaired) electrons. The van der Waals surface area contributed by atoms with E-state index in [2.05, 4.69) is 95.0 Å². The molecule has 1 saturated heterocycles. The number of rotatable bonds is 21. The Hall–Kier alpha value is -6.41.